The molecule has 10 N–H and O–H groups in total. The van der Waals surface area contributed by atoms with Gasteiger partial charge in [-0.15, -0.1) is 0 Å². The first-order valence-electron chi connectivity index (χ1n) is 33.8. The van der Waals surface area contributed by atoms with Gasteiger partial charge < -0.3 is 86.8 Å². The smallest absolute Gasteiger partial charge is 0.407 e. The highest BCUT2D eigenvalue weighted by Gasteiger charge is 2.22. The molecular weight excluding hydrogens is 1230 g/mol. The average molecular weight is 1350 g/mol. The van der Waals surface area contributed by atoms with Crippen molar-refractivity contribution in [2.45, 2.75) is 161 Å². The number of nitrogens with two attached hydrogens (primary N) is 1. The number of hydrogen-bond donors (Lipinski definition) is 9. The number of alkyl carbamates (subject to hydrolysis) is 4. The van der Waals surface area contributed by atoms with Gasteiger partial charge in [-0.2, -0.15) is 0 Å². The van der Waals surface area contributed by atoms with E-state index in [1.807, 2.05) is 0 Å². The van der Waals surface area contributed by atoms with Crippen LogP contribution in [-0.4, -0.2) is 229 Å². The van der Waals surface area contributed by atoms with Crippen molar-refractivity contribution >= 4 is 71.6 Å². The third kappa shape index (κ3) is 52.8. The van der Waals surface area contributed by atoms with Crippen LogP contribution < -0.4 is 48.3 Å². The van der Waals surface area contributed by atoms with Crippen LogP contribution in [-0.2, 0) is 57.3 Å². The van der Waals surface area contributed by atoms with Gasteiger partial charge in [-0.1, -0.05) is 115 Å². The molecule has 540 valence electrons. The first-order valence-corrected chi connectivity index (χ1v) is 33.8. The predicted octanol–water partition coefficient (Wildman–Crippen LogP) is 4.76. The van der Waals surface area contributed by atoms with E-state index in [2.05, 4.69) is 68.9 Å². The minimum atomic E-state index is -0.604. The predicted molar refractivity (Wildman–Crippen MR) is 362 cm³/mol. The van der Waals surface area contributed by atoms with Gasteiger partial charge in [-0.05, 0) is 70.8 Å². The van der Waals surface area contributed by atoms with Crippen LogP contribution >= 0.6 is 0 Å². The van der Waals surface area contributed by atoms with Crippen molar-refractivity contribution in [1.29, 1.82) is 0 Å². The van der Waals surface area contributed by atoms with Crippen molar-refractivity contribution in [3.05, 3.63) is 50.6 Å². The first kappa shape index (κ1) is 86.8. The van der Waals surface area contributed by atoms with Crippen LogP contribution in [0.3, 0.4) is 0 Å². The molecule has 95 heavy (non-hydrogen) atoms. The Morgan fingerprint density at radius 2 is 0.558 bits per heavy atom. The lowest BCUT2D eigenvalue weighted by atomic mass is 10.1. The summed E-state index contributed by atoms with van der Waals surface area (Å²) in [6.45, 7) is 15.2. The molecule has 0 aromatic heterocycles. The van der Waals surface area contributed by atoms with Crippen LogP contribution in [0, 0.1) is 0 Å². The molecule has 29 heteroatoms. The molecule has 0 fully saturated rings. The van der Waals surface area contributed by atoms with Gasteiger partial charge in [-0.3, -0.25) is 38.4 Å². The zero-order valence-corrected chi connectivity index (χ0v) is 56.9. The summed E-state index contributed by atoms with van der Waals surface area (Å²) in [6.07, 6.45) is 19.0. The number of unbranched alkanes of at least 4 members (excludes halogenated alkanes) is 15. The lowest BCUT2D eigenvalue weighted by Gasteiger charge is -2.25. The maximum absolute atomic E-state index is 13.8. The molecule has 0 atom stereocenters. The fourth-order valence-corrected chi connectivity index (χ4v) is 9.10. The highest BCUT2D eigenvalue weighted by atomic mass is 16.6. The minimum absolute atomic E-state index is 0.0215. The molecule has 12 amide bonds. The van der Waals surface area contributed by atoms with E-state index in [0.717, 1.165) is 51.4 Å². The highest BCUT2D eigenvalue weighted by molar-refractivity contribution is 5.87. The van der Waals surface area contributed by atoms with Gasteiger partial charge in [0, 0.05) is 118 Å². The molecule has 0 spiro atoms. The number of likely N-dealkylation sites (N-methyl/N-ethyl adjacent to an activating group) is 1. The topological polar surface area (TPSA) is 377 Å². The largest absolute Gasteiger partial charge is 0.445 e. The molecule has 0 bridgehead atoms. The van der Waals surface area contributed by atoms with Crippen LogP contribution in [0.5, 0.6) is 0 Å². The van der Waals surface area contributed by atoms with E-state index < -0.39 is 54.5 Å². The van der Waals surface area contributed by atoms with Crippen LogP contribution in [0.25, 0.3) is 0 Å². The van der Waals surface area contributed by atoms with Crippen LogP contribution in [0.15, 0.2) is 50.6 Å². The molecule has 0 unspecified atom stereocenters. The molecule has 0 rings (SSSR count). The van der Waals surface area contributed by atoms with E-state index in [0.29, 0.717) is 116 Å². The molecule has 0 saturated carbocycles. The van der Waals surface area contributed by atoms with E-state index in [1.165, 1.54) is 43.9 Å². The van der Waals surface area contributed by atoms with Gasteiger partial charge in [0.25, 0.3) is 0 Å². The van der Waals surface area contributed by atoms with E-state index in [1.54, 1.807) is 7.05 Å². The highest BCUT2D eigenvalue weighted by Crippen LogP contribution is 2.11. The number of rotatable bonds is 60. The summed E-state index contributed by atoms with van der Waals surface area (Å²) in [5, 5.41) is 21.6. The number of nitrogens with zero attached hydrogens (tertiary/aromatic N) is 4. The Morgan fingerprint density at radius 1 is 0.305 bits per heavy atom. The van der Waals surface area contributed by atoms with Gasteiger partial charge in [-0.25, -0.2) is 19.2 Å². The molecule has 0 radical (unpaired) electrons. The normalized spacial score (nSPS) is 10.5. The van der Waals surface area contributed by atoms with E-state index >= 15 is 0 Å². The second-order valence-corrected chi connectivity index (χ2v) is 22.5. The Labute approximate surface area is 563 Å². The zero-order chi connectivity index (χ0) is 70.4. The van der Waals surface area contributed by atoms with Crippen molar-refractivity contribution in [1.82, 2.24) is 62.1 Å². The molecule has 0 aliphatic carbocycles. The molecule has 0 aliphatic heterocycles. The SMILES string of the molecule is C=CCOC(=O)NCCCCCC(=O)N(C)CCNC(=O)CN(CCNC(=O)CN(CCNC(=O)CN(CCNC(=O)CCCCCCCCCCN)C(=O)CCCCCNC(=O)OCC=C)C(=O)CCCCCNC(=O)OCC=C)C(=O)CCCCCNC(=O)OCC=C. The maximum Gasteiger partial charge on any atom is 0.407 e. The van der Waals surface area contributed by atoms with Crippen LogP contribution in [0.2, 0.25) is 0 Å². The summed E-state index contributed by atoms with van der Waals surface area (Å²) >= 11 is 0. The quantitative estimate of drug-likeness (QED) is 0.0225. The third-order valence-corrected chi connectivity index (χ3v) is 14.4. The molecule has 0 aromatic rings. The molecule has 0 saturated heterocycles. The molecular formula is C66H115N13O16. The number of carbonyl (C=O) groups is 12. The Morgan fingerprint density at radius 3 is 0.863 bits per heavy atom. The second-order valence-electron chi connectivity index (χ2n) is 22.5. The maximum atomic E-state index is 13.8. The number of carbonyl (C=O) groups excluding carboxylic acids is 12. The van der Waals surface area contributed by atoms with E-state index in [4.69, 9.17) is 24.7 Å². The summed E-state index contributed by atoms with van der Waals surface area (Å²) in [4.78, 5) is 160. The van der Waals surface area contributed by atoms with E-state index in [-0.39, 0.29) is 141 Å². The average Bonchev–Trinajstić information content (AvgIpc) is 1.71. The fourth-order valence-electron chi connectivity index (χ4n) is 9.10. The summed E-state index contributed by atoms with van der Waals surface area (Å²) in [6, 6.07) is 0. The summed E-state index contributed by atoms with van der Waals surface area (Å²) in [5.74, 6) is -3.03. The van der Waals surface area contributed by atoms with Gasteiger partial charge >= 0.3 is 24.4 Å². The molecule has 0 heterocycles. The Bertz CT molecular complexity index is 2280. The lowest BCUT2D eigenvalue weighted by molar-refractivity contribution is -0.137. The monoisotopic (exact) mass is 1350 g/mol. The van der Waals surface area contributed by atoms with Crippen molar-refractivity contribution in [3.8, 4) is 0 Å². The Kier molecular flexibility index (Phi) is 55.4. The Hall–Kier alpha value is -8.24. The van der Waals surface area contributed by atoms with Gasteiger partial charge in [0.2, 0.25) is 47.3 Å². The minimum Gasteiger partial charge on any atom is -0.445 e. The van der Waals surface area contributed by atoms with E-state index in [9.17, 15) is 57.5 Å². The number of hydrogen-bond acceptors (Lipinski definition) is 17. The number of ether oxygens (including phenoxy) is 4. The molecule has 29 nitrogen and oxygen atoms in total. The molecule has 0 aromatic carbocycles. The van der Waals surface area contributed by atoms with Gasteiger partial charge in [0.15, 0.2) is 0 Å². The van der Waals surface area contributed by atoms with Crippen molar-refractivity contribution in [2.24, 2.45) is 5.73 Å². The Balaban J connectivity index is 6.01. The second kappa shape index (κ2) is 60.7. The number of amides is 12. The summed E-state index contributed by atoms with van der Waals surface area (Å²) in [7, 11) is 1.62. The summed E-state index contributed by atoms with van der Waals surface area (Å²) < 4.78 is 19.6. The third-order valence-electron chi connectivity index (χ3n) is 14.4. The number of nitrogens with one attached hydrogen (secondary N) is 8. The lowest BCUT2D eigenvalue weighted by Crippen LogP contribution is -2.48. The van der Waals surface area contributed by atoms with Gasteiger partial charge in [0.05, 0.1) is 19.6 Å². The van der Waals surface area contributed by atoms with Crippen molar-refractivity contribution < 1.29 is 76.5 Å². The fraction of sp³-hybridized carbons (Fsp3) is 0.697. The zero-order valence-electron chi connectivity index (χ0n) is 56.9. The first-order chi connectivity index (χ1) is 45.9. The standard InChI is InChI=1S/C66H115N13O16/c1-6-48-92-63(88)72-36-26-16-21-31-59(84)76(5)44-40-69-56(81)52-78(61(86)33-23-18-28-38-74-65(90)94-50-8-3)46-42-71-58(83)54-79(62(87)34-24-19-29-39-75-66(91)95-51-9-4)47-43-70-57(82)53-77(60(85)32-22-17-27-37-73-64(89)93-49-7-2)45-41-68-55(80)30-20-14-12-10-11-13-15-25-35-67/h6-9H,1-4,10-54,67H2,5H3,(H,68,80)(H,69,81)(H,70,82)(H,71,83)(H,72,88)(H,73,89)(H,74,90)(H,75,91). The molecule has 0 aliphatic rings. The van der Waals surface area contributed by atoms with Crippen molar-refractivity contribution in [3.63, 3.8) is 0 Å². The van der Waals surface area contributed by atoms with Crippen LogP contribution in [0.4, 0.5) is 19.2 Å². The van der Waals surface area contributed by atoms with Gasteiger partial charge in [0.1, 0.15) is 26.4 Å². The van der Waals surface area contributed by atoms with Crippen LogP contribution in [0.1, 0.15) is 161 Å². The summed E-state index contributed by atoms with van der Waals surface area (Å²) in [5.41, 5.74) is 5.58. The van der Waals surface area contributed by atoms with Crippen molar-refractivity contribution in [2.75, 3.05) is 138 Å².